The molecule has 0 aromatic heterocycles. The molecule has 2 N–H and O–H groups in total. The summed E-state index contributed by atoms with van der Waals surface area (Å²) in [5, 5.41) is 20.4. The number of hydrogen-bond acceptors (Lipinski definition) is 4. The lowest BCUT2D eigenvalue weighted by atomic mass is 10.3. The van der Waals surface area contributed by atoms with E-state index in [1.165, 1.54) is 6.92 Å². The minimum absolute atomic E-state index is 0.177. The standard InChI is InChI=1S/C16H14ClN3O2/c1-11(21)15(16(22)18-12-7-3-2-4-8-12)20-19-14-10-6-5-9-13(14)17/h2-10,21H,1H3,(H,18,22)/b15-11+,20-19?. The molecule has 0 bridgehead atoms. The number of allylic oxidation sites excluding steroid dienone is 1. The molecule has 22 heavy (non-hydrogen) atoms. The molecule has 112 valence electrons. The minimum Gasteiger partial charge on any atom is -0.510 e. The predicted octanol–water partition coefficient (Wildman–Crippen LogP) is 4.85. The molecule has 0 saturated heterocycles. The molecule has 1 amide bonds. The highest BCUT2D eigenvalue weighted by Crippen LogP contribution is 2.25. The maximum Gasteiger partial charge on any atom is 0.279 e. The zero-order chi connectivity index (χ0) is 15.9. The Morgan fingerprint density at radius 3 is 2.36 bits per heavy atom. The van der Waals surface area contributed by atoms with Gasteiger partial charge in [0.1, 0.15) is 11.4 Å². The fourth-order valence-electron chi connectivity index (χ4n) is 1.63. The van der Waals surface area contributed by atoms with Crippen LogP contribution in [0.3, 0.4) is 0 Å². The van der Waals surface area contributed by atoms with E-state index in [1.54, 1.807) is 48.5 Å². The van der Waals surface area contributed by atoms with Crippen LogP contribution < -0.4 is 5.32 Å². The van der Waals surface area contributed by atoms with Gasteiger partial charge in [0.2, 0.25) is 0 Å². The van der Waals surface area contributed by atoms with Gasteiger partial charge in [-0.2, -0.15) is 0 Å². The number of para-hydroxylation sites is 1. The second-order valence-electron chi connectivity index (χ2n) is 4.41. The number of benzene rings is 2. The van der Waals surface area contributed by atoms with Crippen molar-refractivity contribution in [1.29, 1.82) is 0 Å². The van der Waals surface area contributed by atoms with Gasteiger partial charge in [0.15, 0.2) is 5.70 Å². The second kappa shape index (κ2) is 7.38. The van der Waals surface area contributed by atoms with Gasteiger partial charge in [0.05, 0.1) is 5.02 Å². The summed E-state index contributed by atoms with van der Waals surface area (Å²) in [6.45, 7) is 1.37. The van der Waals surface area contributed by atoms with Crippen LogP contribution >= 0.6 is 11.6 Å². The van der Waals surface area contributed by atoms with Crippen LogP contribution in [0.15, 0.2) is 76.3 Å². The van der Waals surface area contributed by atoms with Crippen LogP contribution in [0.1, 0.15) is 6.92 Å². The first kappa shape index (κ1) is 15.7. The van der Waals surface area contributed by atoms with E-state index >= 15 is 0 Å². The summed E-state index contributed by atoms with van der Waals surface area (Å²) in [5.74, 6) is -0.786. The molecule has 0 aliphatic rings. The van der Waals surface area contributed by atoms with E-state index < -0.39 is 5.91 Å². The Kier molecular flexibility index (Phi) is 5.27. The zero-order valence-corrected chi connectivity index (χ0v) is 12.6. The van der Waals surface area contributed by atoms with Crippen molar-refractivity contribution < 1.29 is 9.90 Å². The third kappa shape index (κ3) is 4.17. The molecule has 0 aliphatic heterocycles. The summed E-state index contributed by atoms with van der Waals surface area (Å²) < 4.78 is 0. The van der Waals surface area contributed by atoms with Gasteiger partial charge in [-0.05, 0) is 31.2 Å². The Labute approximate surface area is 133 Å². The van der Waals surface area contributed by atoms with Crippen molar-refractivity contribution in [2.24, 2.45) is 10.2 Å². The number of carbonyl (C=O) groups excluding carboxylic acids is 1. The first-order chi connectivity index (χ1) is 10.6. The third-order valence-electron chi connectivity index (χ3n) is 2.70. The monoisotopic (exact) mass is 315 g/mol. The van der Waals surface area contributed by atoms with Crippen LogP contribution in [0.2, 0.25) is 5.02 Å². The van der Waals surface area contributed by atoms with Gasteiger partial charge in [-0.3, -0.25) is 4.79 Å². The van der Waals surface area contributed by atoms with Gasteiger partial charge in [-0.25, -0.2) is 0 Å². The fraction of sp³-hybridized carbons (Fsp3) is 0.0625. The molecular weight excluding hydrogens is 302 g/mol. The van der Waals surface area contributed by atoms with Gasteiger partial charge in [0, 0.05) is 5.69 Å². The van der Waals surface area contributed by atoms with Gasteiger partial charge in [-0.15, -0.1) is 10.2 Å². The Morgan fingerprint density at radius 2 is 1.73 bits per heavy atom. The van der Waals surface area contributed by atoms with Gasteiger partial charge >= 0.3 is 0 Å². The summed E-state index contributed by atoms with van der Waals surface area (Å²) in [4.78, 5) is 12.1. The number of nitrogens with one attached hydrogen (secondary N) is 1. The number of amides is 1. The summed E-state index contributed by atoms with van der Waals surface area (Å²) in [6, 6.07) is 15.7. The lowest BCUT2D eigenvalue weighted by Gasteiger charge is -2.05. The first-order valence-electron chi connectivity index (χ1n) is 6.50. The predicted molar refractivity (Wildman–Crippen MR) is 86.4 cm³/mol. The molecule has 2 rings (SSSR count). The quantitative estimate of drug-likeness (QED) is 0.480. The molecule has 2 aromatic rings. The average molecular weight is 316 g/mol. The SMILES string of the molecule is C/C(O)=C(\N=Nc1ccccc1Cl)C(=O)Nc1ccccc1. The van der Waals surface area contributed by atoms with Crippen molar-refractivity contribution in [3.8, 4) is 0 Å². The van der Waals surface area contributed by atoms with Crippen LogP contribution in [0.4, 0.5) is 11.4 Å². The smallest absolute Gasteiger partial charge is 0.279 e. The molecule has 0 fully saturated rings. The number of rotatable bonds is 4. The molecule has 5 nitrogen and oxygen atoms in total. The summed E-state index contributed by atoms with van der Waals surface area (Å²) >= 11 is 5.96. The molecule has 6 heteroatoms. The normalized spacial score (nSPS) is 12.1. The van der Waals surface area contributed by atoms with Crippen LogP contribution in [0.25, 0.3) is 0 Å². The molecule has 0 saturated carbocycles. The number of anilines is 1. The molecular formula is C16H14ClN3O2. The van der Waals surface area contributed by atoms with E-state index in [-0.39, 0.29) is 11.5 Å². The highest BCUT2D eigenvalue weighted by Gasteiger charge is 2.13. The van der Waals surface area contributed by atoms with Crippen LogP contribution in [0.5, 0.6) is 0 Å². The Morgan fingerprint density at radius 1 is 1.09 bits per heavy atom. The second-order valence-corrected chi connectivity index (χ2v) is 4.81. The van der Waals surface area contributed by atoms with Crippen molar-refractivity contribution in [2.45, 2.75) is 6.92 Å². The maximum atomic E-state index is 12.1. The Hall–Kier alpha value is -2.66. The maximum absolute atomic E-state index is 12.1. The highest BCUT2D eigenvalue weighted by molar-refractivity contribution is 6.32. The molecule has 0 heterocycles. The van der Waals surface area contributed by atoms with E-state index in [9.17, 15) is 9.90 Å². The van der Waals surface area contributed by atoms with E-state index in [4.69, 9.17) is 11.6 Å². The summed E-state index contributed by atoms with van der Waals surface area (Å²) in [7, 11) is 0. The lowest BCUT2D eigenvalue weighted by Crippen LogP contribution is -2.14. The van der Waals surface area contributed by atoms with Crippen molar-refractivity contribution in [1.82, 2.24) is 0 Å². The van der Waals surface area contributed by atoms with E-state index in [1.807, 2.05) is 6.07 Å². The summed E-state index contributed by atoms with van der Waals surface area (Å²) in [5.41, 5.74) is 0.832. The van der Waals surface area contributed by atoms with Gasteiger partial charge < -0.3 is 10.4 Å². The number of hydrogen-bond donors (Lipinski definition) is 2. The minimum atomic E-state index is -0.554. The molecule has 0 unspecified atom stereocenters. The van der Waals surface area contributed by atoms with E-state index in [0.29, 0.717) is 16.4 Å². The number of azo groups is 1. The average Bonchev–Trinajstić information content (AvgIpc) is 2.50. The summed E-state index contributed by atoms with van der Waals surface area (Å²) in [6.07, 6.45) is 0. The highest BCUT2D eigenvalue weighted by atomic mass is 35.5. The number of halogens is 1. The number of carbonyl (C=O) groups is 1. The van der Waals surface area contributed by atoms with Crippen LogP contribution in [-0.2, 0) is 4.79 Å². The topological polar surface area (TPSA) is 74.0 Å². The molecule has 0 spiro atoms. The molecule has 0 radical (unpaired) electrons. The van der Waals surface area contributed by atoms with Crippen LogP contribution in [-0.4, -0.2) is 11.0 Å². The van der Waals surface area contributed by atoms with E-state index in [2.05, 4.69) is 15.5 Å². The lowest BCUT2D eigenvalue weighted by molar-refractivity contribution is -0.113. The first-order valence-corrected chi connectivity index (χ1v) is 6.88. The molecule has 2 aromatic carbocycles. The number of aliphatic hydroxyl groups excluding tert-OH is 1. The number of aliphatic hydroxyl groups is 1. The fourth-order valence-corrected chi connectivity index (χ4v) is 1.80. The van der Waals surface area contributed by atoms with Crippen molar-refractivity contribution in [3.63, 3.8) is 0 Å². The Balaban J connectivity index is 2.19. The largest absolute Gasteiger partial charge is 0.510 e. The van der Waals surface area contributed by atoms with Crippen LogP contribution in [0, 0.1) is 0 Å². The molecule has 0 aliphatic carbocycles. The van der Waals surface area contributed by atoms with Gasteiger partial charge in [0.25, 0.3) is 5.91 Å². The Bertz CT molecular complexity index is 723. The zero-order valence-electron chi connectivity index (χ0n) is 11.8. The number of nitrogens with zero attached hydrogens (tertiary/aromatic N) is 2. The van der Waals surface area contributed by atoms with E-state index in [0.717, 1.165) is 0 Å². The molecule has 0 atom stereocenters. The van der Waals surface area contributed by atoms with Gasteiger partial charge in [-0.1, -0.05) is 41.9 Å². The van der Waals surface area contributed by atoms with Crippen molar-refractivity contribution >= 4 is 28.9 Å². The van der Waals surface area contributed by atoms with Crippen molar-refractivity contribution in [3.05, 3.63) is 71.1 Å². The third-order valence-corrected chi connectivity index (χ3v) is 3.02. The van der Waals surface area contributed by atoms with Crippen molar-refractivity contribution in [2.75, 3.05) is 5.32 Å².